The van der Waals surface area contributed by atoms with Crippen molar-refractivity contribution in [1.82, 2.24) is 0 Å². The fourth-order valence-corrected chi connectivity index (χ4v) is 4.79. The van der Waals surface area contributed by atoms with Gasteiger partial charge < -0.3 is 25.2 Å². The molecule has 3 aromatic rings. The Labute approximate surface area is 192 Å². The van der Waals surface area contributed by atoms with Crippen molar-refractivity contribution < 1.29 is 19.4 Å². The van der Waals surface area contributed by atoms with Crippen LogP contribution < -0.4 is 20.1 Å². The number of ketones is 1. The maximum Gasteiger partial charge on any atom is 0.163 e. The zero-order chi connectivity index (χ0) is 22.9. The highest BCUT2D eigenvalue weighted by Gasteiger charge is 2.36. The zero-order valence-electron chi connectivity index (χ0n) is 18.6. The number of benzene rings is 3. The van der Waals surface area contributed by atoms with Gasteiger partial charge in [0, 0.05) is 17.7 Å². The summed E-state index contributed by atoms with van der Waals surface area (Å²) in [7, 11) is 3.23. The number of fused-ring (bicyclic) bond motifs is 1. The molecule has 168 valence electrons. The van der Waals surface area contributed by atoms with Gasteiger partial charge in [-0.1, -0.05) is 30.3 Å². The summed E-state index contributed by atoms with van der Waals surface area (Å²) in [4.78, 5) is 13.6. The van der Waals surface area contributed by atoms with Gasteiger partial charge in [-0.3, -0.25) is 4.79 Å². The Balaban J connectivity index is 1.58. The smallest absolute Gasteiger partial charge is 0.163 e. The fourth-order valence-electron chi connectivity index (χ4n) is 4.79. The number of para-hydroxylation sites is 2. The lowest BCUT2D eigenvalue weighted by atomic mass is 9.78. The Morgan fingerprint density at radius 1 is 0.848 bits per heavy atom. The van der Waals surface area contributed by atoms with Crippen LogP contribution in [0.5, 0.6) is 17.2 Å². The highest BCUT2D eigenvalue weighted by molar-refractivity contribution is 6.01. The Hall–Kier alpha value is -3.93. The summed E-state index contributed by atoms with van der Waals surface area (Å²) in [6, 6.07) is 20.5. The van der Waals surface area contributed by atoms with Crippen molar-refractivity contribution in [3.05, 3.63) is 89.1 Å². The molecule has 0 saturated heterocycles. The number of carbonyl (C=O) groups is 1. The molecule has 0 amide bonds. The summed E-state index contributed by atoms with van der Waals surface area (Å²) in [5.74, 6) is 1.59. The van der Waals surface area contributed by atoms with Gasteiger partial charge >= 0.3 is 0 Å². The van der Waals surface area contributed by atoms with Crippen LogP contribution in [0.2, 0.25) is 0 Å². The molecule has 3 aromatic carbocycles. The second kappa shape index (κ2) is 8.54. The van der Waals surface area contributed by atoms with Crippen LogP contribution in [-0.2, 0) is 4.79 Å². The first kappa shape index (κ1) is 20.9. The molecule has 2 atom stereocenters. The molecular formula is C27H26N2O4. The van der Waals surface area contributed by atoms with Gasteiger partial charge in [-0.2, -0.15) is 0 Å². The number of ether oxygens (including phenoxy) is 2. The number of carbonyl (C=O) groups excluding carboxylic acids is 1. The van der Waals surface area contributed by atoms with Gasteiger partial charge in [0.25, 0.3) is 0 Å². The van der Waals surface area contributed by atoms with E-state index in [0.29, 0.717) is 29.9 Å². The molecule has 0 spiro atoms. The summed E-state index contributed by atoms with van der Waals surface area (Å²) in [5, 5.41) is 17.2. The molecule has 1 aliphatic heterocycles. The van der Waals surface area contributed by atoms with Crippen LogP contribution >= 0.6 is 0 Å². The molecule has 33 heavy (non-hydrogen) atoms. The van der Waals surface area contributed by atoms with Crippen LogP contribution in [0.3, 0.4) is 0 Å². The molecule has 1 heterocycles. The Morgan fingerprint density at radius 3 is 2.39 bits per heavy atom. The quantitative estimate of drug-likeness (QED) is 0.503. The van der Waals surface area contributed by atoms with Crippen molar-refractivity contribution in [1.29, 1.82) is 0 Å². The van der Waals surface area contributed by atoms with E-state index in [9.17, 15) is 9.90 Å². The Morgan fingerprint density at radius 2 is 1.64 bits per heavy atom. The summed E-state index contributed by atoms with van der Waals surface area (Å²) < 4.78 is 10.9. The van der Waals surface area contributed by atoms with E-state index in [2.05, 4.69) is 10.6 Å². The van der Waals surface area contributed by atoms with Crippen molar-refractivity contribution in [2.45, 2.75) is 24.8 Å². The lowest BCUT2D eigenvalue weighted by Gasteiger charge is -2.30. The number of aromatic hydroxyl groups is 1. The molecule has 1 aliphatic carbocycles. The minimum absolute atomic E-state index is 0.0126. The van der Waals surface area contributed by atoms with E-state index in [1.165, 1.54) is 0 Å². The number of hydrogen-bond acceptors (Lipinski definition) is 6. The SMILES string of the molecule is COc1ccc(C2CC(=O)C3=C(C2)Nc2ccccc2NC3c2cccc(O)c2)cc1OC. The molecule has 2 unspecified atom stereocenters. The number of hydrogen-bond donors (Lipinski definition) is 3. The van der Waals surface area contributed by atoms with Crippen molar-refractivity contribution >= 4 is 17.2 Å². The standard InChI is InChI=1S/C27H26N2O4/c1-32-24-11-10-16(15-25(24)33-2)18-13-22-26(23(31)14-18)27(17-6-5-7-19(30)12-17)29-21-9-4-3-8-20(21)28-22/h3-12,15,18,27-30H,13-14H2,1-2H3. The maximum atomic E-state index is 13.6. The number of nitrogens with one attached hydrogen (secondary N) is 2. The minimum atomic E-state index is -0.359. The monoisotopic (exact) mass is 442 g/mol. The number of phenols is 1. The third-order valence-corrected chi connectivity index (χ3v) is 6.39. The molecule has 2 aliphatic rings. The first-order valence-electron chi connectivity index (χ1n) is 11.0. The van der Waals surface area contributed by atoms with Gasteiger partial charge in [0.1, 0.15) is 5.75 Å². The van der Waals surface area contributed by atoms with Gasteiger partial charge in [0.15, 0.2) is 17.3 Å². The third-order valence-electron chi connectivity index (χ3n) is 6.39. The van der Waals surface area contributed by atoms with E-state index in [-0.39, 0.29) is 23.5 Å². The molecule has 5 rings (SSSR count). The lowest BCUT2D eigenvalue weighted by molar-refractivity contribution is -0.116. The average Bonchev–Trinajstić information content (AvgIpc) is 3.00. The molecule has 0 saturated carbocycles. The summed E-state index contributed by atoms with van der Waals surface area (Å²) in [5.41, 5.74) is 5.34. The number of Topliss-reactive ketones (excluding diaryl/α,β-unsaturated/α-hetero) is 1. The molecule has 6 heteroatoms. The molecule has 0 fully saturated rings. The fraction of sp³-hybridized carbons (Fsp3) is 0.222. The topological polar surface area (TPSA) is 79.8 Å². The number of anilines is 2. The van der Waals surface area contributed by atoms with E-state index >= 15 is 0 Å². The average molecular weight is 443 g/mol. The van der Waals surface area contributed by atoms with Gasteiger partial charge in [0.2, 0.25) is 0 Å². The van der Waals surface area contributed by atoms with Crippen LogP contribution in [0, 0.1) is 0 Å². The Bertz CT molecular complexity index is 1250. The number of rotatable bonds is 4. The van der Waals surface area contributed by atoms with E-state index < -0.39 is 0 Å². The van der Waals surface area contributed by atoms with Gasteiger partial charge in [-0.05, 0) is 59.9 Å². The van der Waals surface area contributed by atoms with Crippen LogP contribution in [0.25, 0.3) is 0 Å². The molecule has 0 aromatic heterocycles. The maximum absolute atomic E-state index is 13.6. The molecule has 6 nitrogen and oxygen atoms in total. The zero-order valence-corrected chi connectivity index (χ0v) is 18.6. The van der Waals surface area contributed by atoms with E-state index in [0.717, 1.165) is 28.2 Å². The van der Waals surface area contributed by atoms with Crippen LogP contribution in [0.1, 0.15) is 35.9 Å². The van der Waals surface area contributed by atoms with Crippen LogP contribution in [-0.4, -0.2) is 25.1 Å². The van der Waals surface area contributed by atoms with Crippen molar-refractivity contribution in [2.75, 3.05) is 24.9 Å². The van der Waals surface area contributed by atoms with Crippen molar-refractivity contribution in [2.24, 2.45) is 0 Å². The molecule has 3 N–H and O–H groups in total. The predicted octanol–water partition coefficient (Wildman–Crippen LogP) is 5.39. The largest absolute Gasteiger partial charge is 0.508 e. The second-order valence-electron chi connectivity index (χ2n) is 8.38. The van der Waals surface area contributed by atoms with E-state index in [4.69, 9.17) is 9.47 Å². The minimum Gasteiger partial charge on any atom is -0.508 e. The summed E-state index contributed by atoms with van der Waals surface area (Å²) in [6.07, 6.45) is 1.07. The number of phenolic OH excluding ortho intramolecular Hbond substituents is 1. The van der Waals surface area contributed by atoms with Crippen LogP contribution in [0.15, 0.2) is 78.0 Å². The lowest BCUT2D eigenvalue weighted by Crippen LogP contribution is -2.26. The Kier molecular flexibility index (Phi) is 5.42. The van der Waals surface area contributed by atoms with Gasteiger partial charge in [0.05, 0.1) is 31.6 Å². The molecule has 0 bridgehead atoms. The predicted molar refractivity (Wildman–Crippen MR) is 128 cm³/mol. The molecule has 0 radical (unpaired) electrons. The highest BCUT2D eigenvalue weighted by Crippen LogP contribution is 2.45. The van der Waals surface area contributed by atoms with E-state index in [1.54, 1.807) is 32.4 Å². The summed E-state index contributed by atoms with van der Waals surface area (Å²) >= 11 is 0. The highest BCUT2D eigenvalue weighted by atomic mass is 16.5. The summed E-state index contributed by atoms with van der Waals surface area (Å²) in [6.45, 7) is 0. The second-order valence-corrected chi connectivity index (χ2v) is 8.38. The number of methoxy groups -OCH3 is 2. The first-order chi connectivity index (χ1) is 16.1. The third kappa shape index (κ3) is 3.89. The van der Waals surface area contributed by atoms with Crippen molar-refractivity contribution in [3.63, 3.8) is 0 Å². The van der Waals surface area contributed by atoms with Gasteiger partial charge in [-0.15, -0.1) is 0 Å². The van der Waals surface area contributed by atoms with Crippen molar-refractivity contribution in [3.8, 4) is 17.2 Å². The normalized spacial score (nSPS) is 19.5. The van der Waals surface area contributed by atoms with Gasteiger partial charge in [-0.25, -0.2) is 0 Å². The van der Waals surface area contributed by atoms with E-state index in [1.807, 2.05) is 48.5 Å². The first-order valence-corrected chi connectivity index (χ1v) is 11.0. The van der Waals surface area contributed by atoms with Crippen LogP contribution in [0.4, 0.5) is 11.4 Å². The molecular weight excluding hydrogens is 416 g/mol. The number of allylic oxidation sites excluding steroid dienone is 1.